The highest BCUT2D eigenvalue weighted by Crippen LogP contribution is 2.26. The lowest BCUT2D eigenvalue weighted by Gasteiger charge is -2.18. The smallest absolute Gasteiger partial charge is 0.338 e. The van der Waals surface area contributed by atoms with Crippen molar-refractivity contribution in [2.24, 2.45) is 0 Å². The largest absolute Gasteiger partial charge is 0.462 e. The van der Waals surface area contributed by atoms with E-state index in [0.717, 1.165) is 11.1 Å². The normalized spacial score (nSPS) is 11.8. The summed E-state index contributed by atoms with van der Waals surface area (Å²) in [4.78, 5) is 27.0. The van der Waals surface area contributed by atoms with Crippen molar-refractivity contribution < 1.29 is 22.7 Å². The lowest BCUT2D eigenvalue weighted by molar-refractivity contribution is 0.0526. The molecular weight excluding hydrogens is 595 g/mol. The zero-order chi connectivity index (χ0) is 32.1. The molecule has 0 spiro atoms. The first kappa shape index (κ1) is 32.8. The number of methoxy groups -OCH3 is 1. The Balaban J connectivity index is 1.81. The molecule has 0 unspecified atom stereocenters. The molecule has 0 saturated heterocycles. The van der Waals surface area contributed by atoms with Crippen LogP contribution in [0.5, 0.6) is 0 Å². The third-order valence-electron chi connectivity index (χ3n) is 6.63. The summed E-state index contributed by atoms with van der Waals surface area (Å²) in [5.74, 6) is 6.28. The van der Waals surface area contributed by atoms with Crippen LogP contribution in [0.2, 0.25) is 19.6 Å². The minimum Gasteiger partial charge on any atom is -0.462 e. The van der Waals surface area contributed by atoms with Crippen LogP contribution >= 0.6 is 0 Å². The Bertz CT molecular complexity index is 1830. The Kier molecular flexibility index (Phi) is 10.2. The number of esters is 1. The number of carbonyl (C=O) groups is 1. The van der Waals surface area contributed by atoms with E-state index in [1.54, 1.807) is 62.6 Å². The number of hydrogen-bond acceptors (Lipinski definition) is 8. The lowest BCUT2D eigenvalue weighted by Crippen LogP contribution is -2.43. The summed E-state index contributed by atoms with van der Waals surface area (Å²) in [6.45, 7) is 14.3. The first-order chi connectivity index (χ1) is 20.9. The monoisotopic (exact) mass is 631 g/mol. The van der Waals surface area contributed by atoms with E-state index in [1.165, 1.54) is 10.4 Å². The van der Waals surface area contributed by atoms with Gasteiger partial charge in [0.1, 0.15) is 37.3 Å². The van der Waals surface area contributed by atoms with Crippen LogP contribution in [-0.2, 0) is 26.2 Å². The fraction of sp³-hybridized carbons (Fsp3) is 0.312. The van der Waals surface area contributed by atoms with Gasteiger partial charge in [-0.3, -0.25) is 4.57 Å². The highest BCUT2D eigenvalue weighted by Gasteiger charge is 2.26. The number of carbonyl (C=O) groups excluding carboxylic acids is 1. The van der Waals surface area contributed by atoms with E-state index in [9.17, 15) is 13.2 Å². The van der Waals surface area contributed by atoms with Crippen molar-refractivity contribution in [3.05, 3.63) is 78.0 Å². The molecular formula is C32H37N5O5SSi. The lowest BCUT2D eigenvalue weighted by atomic mass is 10.1. The van der Waals surface area contributed by atoms with E-state index in [2.05, 4.69) is 38.1 Å². The average Bonchev–Trinajstić information content (AvgIpc) is 3.35. The van der Waals surface area contributed by atoms with Gasteiger partial charge in [0.2, 0.25) is 10.0 Å². The predicted octanol–water partition coefficient (Wildman–Crippen LogP) is 4.36. The van der Waals surface area contributed by atoms with Gasteiger partial charge in [-0.2, -0.15) is 4.31 Å². The third-order valence-corrected chi connectivity index (χ3v) is 10.0. The van der Waals surface area contributed by atoms with E-state index in [0.29, 0.717) is 33.7 Å². The van der Waals surface area contributed by atoms with Gasteiger partial charge in [0.05, 0.1) is 23.6 Å². The number of benzene rings is 2. The first-order valence-electron chi connectivity index (χ1n) is 14.1. The van der Waals surface area contributed by atoms with Crippen molar-refractivity contribution in [2.45, 2.75) is 45.1 Å². The second kappa shape index (κ2) is 13.7. The number of aromatic nitrogens is 4. The van der Waals surface area contributed by atoms with Crippen molar-refractivity contribution in [1.29, 1.82) is 0 Å². The van der Waals surface area contributed by atoms with Gasteiger partial charge in [-0.05, 0) is 44.0 Å². The van der Waals surface area contributed by atoms with Gasteiger partial charge in [-0.15, -0.1) is 6.58 Å². The second-order valence-corrected chi connectivity index (χ2v) is 18.0. The van der Waals surface area contributed by atoms with Gasteiger partial charge in [0, 0.05) is 19.2 Å². The SMILES string of the molecule is C=CCN(CC#Cc1nc([Si](C)(C)C)nc2c1nc(-c1ccc(C(=O)OCC)cc1)n2COC)S(=O)(=O)c1ccc(C)cc1. The Morgan fingerprint density at radius 3 is 2.34 bits per heavy atom. The number of sulfonamides is 1. The molecule has 4 rings (SSSR count). The second-order valence-electron chi connectivity index (χ2n) is 11.1. The van der Waals surface area contributed by atoms with E-state index >= 15 is 0 Å². The Labute approximate surface area is 259 Å². The van der Waals surface area contributed by atoms with Gasteiger partial charge < -0.3 is 9.47 Å². The first-order valence-corrected chi connectivity index (χ1v) is 19.1. The number of imidazole rings is 1. The van der Waals surface area contributed by atoms with Gasteiger partial charge in [0.25, 0.3) is 0 Å². The summed E-state index contributed by atoms with van der Waals surface area (Å²) < 4.78 is 40.5. The summed E-state index contributed by atoms with van der Waals surface area (Å²) in [5.41, 5.74) is 4.25. The van der Waals surface area contributed by atoms with E-state index in [1.807, 2.05) is 11.5 Å². The number of nitrogens with zero attached hydrogens (tertiary/aromatic N) is 5. The highest BCUT2D eigenvalue weighted by molar-refractivity contribution is 7.89. The quantitative estimate of drug-likeness (QED) is 0.104. The molecule has 2 heterocycles. The highest BCUT2D eigenvalue weighted by atomic mass is 32.2. The molecule has 44 heavy (non-hydrogen) atoms. The molecule has 2 aromatic heterocycles. The molecule has 0 radical (unpaired) electrons. The topological polar surface area (TPSA) is 117 Å². The van der Waals surface area contributed by atoms with Crippen molar-refractivity contribution in [2.75, 3.05) is 26.8 Å². The maximum absolute atomic E-state index is 13.4. The molecule has 230 valence electrons. The Morgan fingerprint density at radius 1 is 1.07 bits per heavy atom. The molecule has 0 aliphatic rings. The minimum atomic E-state index is -3.80. The molecule has 0 fully saturated rings. The number of rotatable bonds is 11. The molecule has 0 aliphatic heterocycles. The van der Waals surface area contributed by atoms with Gasteiger partial charge in [-0.25, -0.2) is 28.2 Å². The number of fused-ring (bicyclic) bond motifs is 1. The third kappa shape index (κ3) is 7.14. The molecule has 4 aromatic rings. The zero-order valence-electron chi connectivity index (χ0n) is 25.9. The fourth-order valence-corrected chi connectivity index (χ4v) is 6.53. The predicted molar refractivity (Wildman–Crippen MR) is 174 cm³/mol. The van der Waals surface area contributed by atoms with Crippen molar-refractivity contribution in [1.82, 2.24) is 23.8 Å². The van der Waals surface area contributed by atoms with E-state index < -0.39 is 24.1 Å². The van der Waals surface area contributed by atoms with Crippen LogP contribution < -0.4 is 5.45 Å². The maximum Gasteiger partial charge on any atom is 0.338 e. The van der Waals surface area contributed by atoms with Crippen LogP contribution in [-0.4, -0.2) is 73.1 Å². The van der Waals surface area contributed by atoms with Gasteiger partial charge in [-0.1, -0.05) is 61.5 Å². The average molecular weight is 632 g/mol. The molecule has 0 saturated carbocycles. The van der Waals surface area contributed by atoms with Crippen LogP contribution in [0, 0.1) is 18.8 Å². The van der Waals surface area contributed by atoms with Crippen molar-refractivity contribution in [3.63, 3.8) is 0 Å². The number of ether oxygens (including phenoxy) is 2. The summed E-state index contributed by atoms with van der Waals surface area (Å²) in [6.07, 6.45) is 1.53. The van der Waals surface area contributed by atoms with Gasteiger partial charge >= 0.3 is 5.97 Å². The zero-order valence-corrected chi connectivity index (χ0v) is 27.7. The Morgan fingerprint density at radius 2 is 1.75 bits per heavy atom. The molecule has 0 bridgehead atoms. The summed E-state index contributed by atoms with van der Waals surface area (Å²) >= 11 is 0. The van der Waals surface area contributed by atoms with Gasteiger partial charge in [0.15, 0.2) is 5.65 Å². The fourth-order valence-electron chi connectivity index (χ4n) is 4.33. The van der Waals surface area contributed by atoms with Crippen molar-refractivity contribution >= 4 is 40.7 Å². The number of hydrogen-bond donors (Lipinski definition) is 0. The molecule has 0 aliphatic carbocycles. The molecule has 2 aromatic carbocycles. The number of aryl methyl sites for hydroxylation is 1. The van der Waals surface area contributed by atoms with Crippen LogP contribution in [0.15, 0.2) is 66.1 Å². The summed E-state index contributed by atoms with van der Waals surface area (Å²) in [6, 6.07) is 13.7. The van der Waals surface area contributed by atoms with Crippen LogP contribution in [0.1, 0.15) is 28.5 Å². The molecule has 0 amide bonds. The molecule has 12 heteroatoms. The minimum absolute atomic E-state index is 0.0725. The molecule has 0 N–H and O–H groups in total. The van der Waals surface area contributed by atoms with E-state index in [4.69, 9.17) is 24.4 Å². The van der Waals surface area contributed by atoms with Crippen LogP contribution in [0.25, 0.3) is 22.6 Å². The van der Waals surface area contributed by atoms with E-state index in [-0.39, 0.29) is 31.3 Å². The molecule has 10 nitrogen and oxygen atoms in total. The van der Waals surface area contributed by atoms with Crippen molar-refractivity contribution in [3.8, 4) is 23.2 Å². The maximum atomic E-state index is 13.4. The molecule has 0 atom stereocenters. The summed E-state index contributed by atoms with van der Waals surface area (Å²) in [7, 11) is -4.24. The van der Waals surface area contributed by atoms with Crippen LogP contribution in [0.3, 0.4) is 0 Å². The Hall–Kier alpha value is -4.15. The van der Waals surface area contributed by atoms with Crippen LogP contribution in [0.4, 0.5) is 0 Å². The standard InChI is InChI=1S/C32H37N5O5SSi/c1-8-20-36(43(39,40)26-18-12-23(3)13-19-26)21-10-11-27-28-30(35-32(33-27)44(5,6)7)37(22-41-4)29(34-28)24-14-16-25(17-15-24)31(38)42-9-2/h8,12-19H,1,9,20-22H2,2-7H3. The summed E-state index contributed by atoms with van der Waals surface area (Å²) in [5, 5.41) is 0.